The summed E-state index contributed by atoms with van der Waals surface area (Å²) >= 11 is 0. The molecule has 7 nitrogen and oxygen atoms in total. The van der Waals surface area contributed by atoms with E-state index in [4.69, 9.17) is 16.2 Å². The Hall–Kier alpha value is -3.16. The van der Waals surface area contributed by atoms with Crippen LogP contribution in [0, 0.1) is 15.9 Å². The first-order chi connectivity index (χ1) is 9.86. The summed E-state index contributed by atoms with van der Waals surface area (Å²) in [5.74, 6) is -1.60. The first-order valence-electron chi connectivity index (χ1n) is 5.69. The lowest BCUT2D eigenvalue weighted by Gasteiger charge is -2.08. The van der Waals surface area contributed by atoms with Gasteiger partial charge in [-0.15, -0.1) is 0 Å². The fraction of sp³-hybridized carbons (Fsp3) is 0. The van der Waals surface area contributed by atoms with Gasteiger partial charge in [-0.1, -0.05) is 0 Å². The Morgan fingerprint density at radius 3 is 2.52 bits per heavy atom. The molecule has 0 heterocycles. The van der Waals surface area contributed by atoms with Gasteiger partial charge in [0.2, 0.25) is 11.7 Å². The number of nitrogens with zero attached hydrogens (tertiary/aromatic N) is 1. The summed E-state index contributed by atoms with van der Waals surface area (Å²) in [7, 11) is 0. The molecule has 0 bridgehead atoms. The first kappa shape index (κ1) is 14.3. The number of hydrogen-bond acceptors (Lipinski definition) is 5. The predicted octanol–water partition coefficient (Wildman–Crippen LogP) is 2.21. The number of carbonyl (C=O) groups is 1. The Morgan fingerprint density at radius 2 is 1.95 bits per heavy atom. The molecular weight excluding hydrogens is 281 g/mol. The molecule has 0 saturated heterocycles. The number of nitro benzene ring substituents is 1. The molecule has 0 fully saturated rings. The molecule has 4 N–H and O–H groups in total. The summed E-state index contributed by atoms with van der Waals surface area (Å²) in [6.45, 7) is 0. The normalized spacial score (nSPS) is 10.1. The number of primary amides is 1. The second-order valence-corrected chi connectivity index (χ2v) is 4.13. The fourth-order valence-corrected chi connectivity index (χ4v) is 1.67. The molecule has 2 aromatic carbocycles. The predicted molar refractivity (Wildman–Crippen MR) is 72.5 cm³/mol. The Morgan fingerprint density at radius 1 is 1.24 bits per heavy atom. The molecule has 0 aliphatic carbocycles. The van der Waals surface area contributed by atoms with E-state index < -0.39 is 22.3 Å². The van der Waals surface area contributed by atoms with E-state index in [9.17, 15) is 19.3 Å². The minimum absolute atomic E-state index is 0.00225. The molecule has 0 atom stereocenters. The van der Waals surface area contributed by atoms with Crippen molar-refractivity contribution in [1.82, 2.24) is 0 Å². The number of amides is 1. The number of nitrogen functional groups attached to an aromatic ring is 1. The van der Waals surface area contributed by atoms with Crippen molar-refractivity contribution in [3.63, 3.8) is 0 Å². The monoisotopic (exact) mass is 291 g/mol. The van der Waals surface area contributed by atoms with Crippen LogP contribution in [0.15, 0.2) is 36.4 Å². The van der Waals surface area contributed by atoms with Gasteiger partial charge >= 0.3 is 5.69 Å². The van der Waals surface area contributed by atoms with Crippen LogP contribution >= 0.6 is 0 Å². The van der Waals surface area contributed by atoms with Crippen LogP contribution in [0.5, 0.6) is 11.5 Å². The smallest absolute Gasteiger partial charge is 0.312 e. The van der Waals surface area contributed by atoms with E-state index in [1.54, 1.807) is 0 Å². The maximum Gasteiger partial charge on any atom is 0.312 e. The molecule has 0 radical (unpaired) electrons. The number of hydrogen-bond donors (Lipinski definition) is 2. The van der Waals surface area contributed by atoms with Gasteiger partial charge in [0.05, 0.1) is 4.92 Å². The van der Waals surface area contributed by atoms with Crippen molar-refractivity contribution in [3.8, 4) is 11.5 Å². The molecule has 108 valence electrons. The largest absolute Gasteiger partial charge is 0.450 e. The third kappa shape index (κ3) is 3.24. The van der Waals surface area contributed by atoms with Crippen LogP contribution in [-0.2, 0) is 0 Å². The maximum atomic E-state index is 13.2. The van der Waals surface area contributed by atoms with Crippen molar-refractivity contribution in [2.24, 2.45) is 5.73 Å². The molecular formula is C13H10FN3O4. The first-order valence-corrected chi connectivity index (χ1v) is 5.69. The Bertz CT molecular complexity index is 713. The number of ether oxygens (including phenoxy) is 1. The van der Waals surface area contributed by atoms with Crippen molar-refractivity contribution in [2.75, 3.05) is 5.73 Å². The van der Waals surface area contributed by atoms with Gasteiger partial charge in [-0.3, -0.25) is 14.9 Å². The van der Waals surface area contributed by atoms with E-state index in [0.29, 0.717) is 0 Å². The topological polar surface area (TPSA) is 121 Å². The van der Waals surface area contributed by atoms with E-state index in [0.717, 1.165) is 18.2 Å². The van der Waals surface area contributed by atoms with Crippen LogP contribution in [-0.4, -0.2) is 10.8 Å². The summed E-state index contributed by atoms with van der Waals surface area (Å²) in [6.07, 6.45) is 0. The van der Waals surface area contributed by atoms with Crippen LogP contribution in [0.4, 0.5) is 15.8 Å². The molecule has 21 heavy (non-hydrogen) atoms. The van der Waals surface area contributed by atoms with E-state index >= 15 is 0 Å². The number of benzene rings is 2. The van der Waals surface area contributed by atoms with Crippen molar-refractivity contribution < 1.29 is 18.8 Å². The molecule has 0 aliphatic heterocycles. The molecule has 2 aromatic rings. The minimum atomic E-state index is -0.806. The van der Waals surface area contributed by atoms with Gasteiger partial charge in [0, 0.05) is 29.4 Å². The quantitative estimate of drug-likeness (QED) is 0.508. The zero-order chi connectivity index (χ0) is 15.6. The molecule has 0 saturated carbocycles. The third-order valence-electron chi connectivity index (χ3n) is 2.56. The van der Waals surface area contributed by atoms with Gasteiger partial charge in [-0.05, 0) is 18.2 Å². The summed E-state index contributed by atoms with van der Waals surface area (Å²) in [5, 5.41) is 11.0. The molecule has 2 rings (SSSR count). The Labute approximate surface area is 118 Å². The van der Waals surface area contributed by atoms with Gasteiger partial charge in [0.15, 0.2) is 0 Å². The number of rotatable bonds is 4. The Kier molecular flexibility index (Phi) is 3.70. The molecule has 0 aromatic heterocycles. The van der Waals surface area contributed by atoms with E-state index in [1.807, 2.05) is 0 Å². The SMILES string of the molecule is NC(=O)c1ccc(Oc2cc(N)cc(F)c2)c([N+](=O)[O-])c1. The summed E-state index contributed by atoms with van der Waals surface area (Å²) in [5.41, 5.74) is 10.1. The molecule has 8 heteroatoms. The third-order valence-corrected chi connectivity index (χ3v) is 2.56. The average Bonchev–Trinajstić information content (AvgIpc) is 2.37. The van der Waals surface area contributed by atoms with Gasteiger partial charge in [-0.2, -0.15) is 0 Å². The lowest BCUT2D eigenvalue weighted by molar-refractivity contribution is -0.385. The average molecular weight is 291 g/mol. The van der Waals surface area contributed by atoms with Gasteiger partial charge < -0.3 is 16.2 Å². The van der Waals surface area contributed by atoms with Gasteiger partial charge in [-0.25, -0.2) is 4.39 Å². The summed E-state index contributed by atoms with van der Waals surface area (Å²) < 4.78 is 18.5. The highest BCUT2D eigenvalue weighted by Gasteiger charge is 2.18. The Balaban J connectivity index is 2.43. The summed E-state index contributed by atoms with van der Waals surface area (Å²) in [6, 6.07) is 6.89. The molecule has 0 aliphatic rings. The molecule has 0 spiro atoms. The highest BCUT2D eigenvalue weighted by Crippen LogP contribution is 2.33. The second kappa shape index (κ2) is 5.45. The molecule has 1 amide bonds. The summed E-state index contributed by atoms with van der Waals surface area (Å²) in [4.78, 5) is 21.3. The minimum Gasteiger partial charge on any atom is -0.450 e. The van der Waals surface area contributed by atoms with Crippen LogP contribution in [0.3, 0.4) is 0 Å². The van der Waals surface area contributed by atoms with Crippen LogP contribution < -0.4 is 16.2 Å². The lowest BCUT2D eigenvalue weighted by atomic mass is 10.2. The van der Waals surface area contributed by atoms with Gasteiger partial charge in [0.25, 0.3) is 0 Å². The van der Waals surface area contributed by atoms with Crippen molar-refractivity contribution in [1.29, 1.82) is 0 Å². The standard InChI is InChI=1S/C13H10FN3O4/c14-8-4-9(15)6-10(5-8)21-12-2-1-7(13(16)18)3-11(12)17(19)20/h1-6H,15H2,(H2,16,18). The highest BCUT2D eigenvalue weighted by molar-refractivity contribution is 5.93. The molecule has 0 unspecified atom stereocenters. The fourth-order valence-electron chi connectivity index (χ4n) is 1.67. The maximum absolute atomic E-state index is 13.2. The van der Waals surface area contributed by atoms with E-state index in [-0.39, 0.29) is 22.7 Å². The number of nitrogens with two attached hydrogens (primary N) is 2. The number of halogens is 1. The lowest BCUT2D eigenvalue weighted by Crippen LogP contribution is -2.11. The van der Waals surface area contributed by atoms with Crippen molar-refractivity contribution in [3.05, 3.63) is 57.9 Å². The van der Waals surface area contributed by atoms with Crippen LogP contribution in [0.1, 0.15) is 10.4 Å². The van der Waals surface area contributed by atoms with Crippen LogP contribution in [0.2, 0.25) is 0 Å². The van der Waals surface area contributed by atoms with E-state index in [1.165, 1.54) is 18.2 Å². The second-order valence-electron chi connectivity index (χ2n) is 4.13. The number of nitro groups is 1. The van der Waals surface area contributed by atoms with Crippen molar-refractivity contribution >= 4 is 17.3 Å². The zero-order valence-electron chi connectivity index (χ0n) is 10.6. The highest BCUT2D eigenvalue weighted by atomic mass is 19.1. The van der Waals surface area contributed by atoms with Gasteiger partial charge in [0.1, 0.15) is 11.6 Å². The number of anilines is 1. The van der Waals surface area contributed by atoms with E-state index in [2.05, 4.69) is 0 Å². The number of carbonyl (C=O) groups excluding carboxylic acids is 1. The zero-order valence-corrected chi connectivity index (χ0v) is 10.6. The van der Waals surface area contributed by atoms with Crippen molar-refractivity contribution in [2.45, 2.75) is 0 Å². The van der Waals surface area contributed by atoms with Crippen LogP contribution in [0.25, 0.3) is 0 Å².